The molecular formula is C29H34O3. The molecule has 1 fully saturated rings. The lowest BCUT2D eigenvalue weighted by Crippen LogP contribution is -2.27. The highest BCUT2D eigenvalue weighted by Gasteiger charge is 2.25. The molecule has 168 valence electrons. The van der Waals surface area contributed by atoms with Crippen LogP contribution in [0.3, 0.4) is 0 Å². The SMILES string of the molecule is CCC(C)(COCc1cccc(Oc2ccccc2)c1)c1ccc(OC2CCCC2)cc1. The summed E-state index contributed by atoms with van der Waals surface area (Å²) in [7, 11) is 0. The van der Waals surface area contributed by atoms with Gasteiger partial charge in [0.15, 0.2) is 0 Å². The summed E-state index contributed by atoms with van der Waals surface area (Å²) < 4.78 is 18.3. The number of hydrogen-bond acceptors (Lipinski definition) is 3. The Bertz CT molecular complexity index is 961. The van der Waals surface area contributed by atoms with Crippen LogP contribution in [0.1, 0.15) is 57.1 Å². The molecule has 0 radical (unpaired) electrons. The minimum absolute atomic E-state index is 0.0377. The lowest BCUT2D eigenvalue weighted by atomic mass is 9.81. The first-order valence-electron chi connectivity index (χ1n) is 11.8. The number of hydrogen-bond donors (Lipinski definition) is 0. The van der Waals surface area contributed by atoms with Gasteiger partial charge in [-0.2, -0.15) is 0 Å². The third-order valence-corrected chi connectivity index (χ3v) is 6.50. The summed E-state index contributed by atoms with van der Waals surface area (Å²) in [5.74, 6) is 2.65. The van der Waals surface area contributed by atoms with Crippen LogP contribution in [0.4, 0.5) is 0 Å². The maximum Gasteiger partial charge on any atom is 0.127 e. The minimum Gasteiger partial charge on any atom is -0.490 e. The third kappa shape index (κ3) is 5.92. The molecular weight excluding hydrogens is 396 g/mol. The van der Waals surface area contributed by atoms with Gasteiger partial charge >= 0.3 is 0 Å². The predicted octanol–water partition coefficient (Wildman–Crippen LogP) is 7.68. The summed E-state index contributed by atoms with van der Waals surface area (Å²) in [5.41, 5.74) is 2.36. The van der Waals surface area contributed by atoms with Crippen LogP contribution in [-0.4, -0.2) is 12.7 Å². The van der Waals surface area contributed by atoms with Crippen molar-refractivity contribution in [2.75, 3.05) is 6.61 Å². The van der Waals surface area contributed by atoms with Crippen molar-refractivity contribution in [2.24, 2.45) is 0 Å². The molecule has 0 heterocycles. The van der Waals surface area contributed by atoms with Gasteiger partial charge in [0, 0.05) is 5.41 Å². The minimum atomic E-state index is -0.0377. The molecule has 0 N–H and O–H groups in total. The zero-order valence-electron chi connectivity index (χ0n) is 19.3. The zero-order chi connectivity index (χ0) is 22.2. The number of ether oxygens (including phenoxy) is 3. The molecule has 4 rings (SSSR count). The smallest absolute Gasteiger partial charge is 0.127 e. The molecule has 3 nitrogen and oxygen atoms in total. The number of para-hydroxylation sites is 1. The van der Waals surface area contributed by atoms with E-state index < -0.39 is 0 Å². The highest BCUT2D eigenvalue weighted by atomic mass is 16.5. The molecule has 0 bridgehead atoms. The third-order valence-electron chi connectivity index (χ3n) is 6.50. The van der Waals surface area contributed by atoms with Gasteiger partial charge in [0.25, 0.3) is 0 Å². The quantitative estimate of drug-likeness (QED) is 0.330. The van der Waals surface area contributed by atoms with Crippen molar-refractivity contribution < 1.29 is 14.2 Å². The summed E-state index contributed by atoms with van der Waals surface area (Å²) in [6, 6.07) is 26.6. The Balaban J connectivity index is 1.33. The van der Waals surface area contributed by atoms with E-state index in [2.05, 4.69) is 44.2 Å². The zero-order valence-corrected chi connectivity index (χ0v) is 19.3. The maximum absolute atomic E-state index is 6.19. The summed E-state index contributed by atoms with van der Waals surface area (Å²) in [6.07, 6.45) is 6.33. The van der Waals surface area contributed by atoms with E-state index in [0.29, 0.717) is 19.3 Å². The van der Waals surface area contributed by atoms with Gasteiger partial charge in [-0.15, -0.1) is 0 Å². The molecule has 1 aliphatic rings. The molecule has 0 aromatic heterocycles. The van der Waals surface area contributed by atoms with E-state index in [1.807, 2.05) is 48.5 Å². The van der Waals surface area contributed by atoms with Gasteiger partial charge in [-0.3, -0.25) is 0 Å². The molecule has 0 spiro atoms. The Labute approximate surface area is 192 Å². The van der Waals surface area contributed by atoms with Crippen LogP contribution in [0.25, 0.3) is 0 Å². The second kappa shape index (κ2) is 10.7. The molecule has 32 heavy (non-hydrogen) atoms. The summed E-state index contributed by atoms with van der Waals surface area (Å²) in [6.45, 7) is 5.72. The largest absolute Gasteiger partial charge is 0.490 e. The second-order valence-corrected chi connectivity index (χ2v) is 9.02. The van der Waals surface area contributed by atoms with Gasteiger partial charge in [-0.05, 0) is 79.6 Å². The first-order chi connectivity index (χ1) is 15.6. The van der Waals surface area contributed by atoms with E-state index in [9.17, 15) is 0 Å². The fourth-order valence-electron chi connectivity index (χ4n) is 4.24. The molecule has 3 heteroatoms. The van der Waals surface area contributed by atoms with Crippen molar-refractivity contribution in [3.05, 3.63) is 90.0 Å². The van der Waals surface area contributed by atoms with Crippen LogP contribution in [-0.2, 0) is 16.8 Å². The Morgan fingerprint density at radius 1 is 0.812 bits per heavy atom. The lowest BCUT2D eigenvalue weighted by Gasteiger charge is -2.29. The molecule has 1 atom stereocenters. The fourth-order valence-corrected chi connectivity index (χ4v) is 4.24. The first-order valence-corrected chi connectivity index (χ1v) is 11.8. The second-order valence-electron chi connectivity index (χ2n) is 9.02. The molecule has 0 saturated heterocycles. The summed E-state index contributed by atoms with van der Waals surface area (Å²) >= 11 is 0. The van der Waals surface area contributed by atoms with Crippen LogP contribution in [0, 0.1) is 0 Å². The topological polar surface area (TPSA) is 27.7 Å². The molecule has 3 aromatic carbocycles. The average Bonchev–Trinajstić information content (AvgIpc) is 3.33. The van der Waals surface area contributed by atoms with Crippen molar-refractivity contribution in [2.45, 2.75) is 64.1 Å². The van der Waals surface area contributed by atoms with E-state index in [1.54, 1.807) is 0 Å². The number of benzene rings is 3. The standard InChI is InChI=1S/C29H34O3/c1-3-29(2,24-16-18-27(19-17-24)31-25-13-7-8-14-25)22-30-21-23-10-9-15-28(20-23)32-26-11-5-4-6-12-26/h4-6,9-12,15-20,25H,3,7-8,13-14,21-22H2,1-2H3. The van der Waals surface area contributed by atoms with E-state index in [0.717, 1.165) is 29.2 Å². The van der Waals surface area contributed by atoms with Crippen molar-refractivity contribution in [1.82, 2.24) is 0 Å². The van der Waals surface area contributed by atoms with Gasteiger partial charge in [0.2, 0.25) is 0 Å². The Hall–Kier alpha value is -2.78. The van der Waals surface area contributed by atoms with Gasteiger partial charge in [-0.25, -0.2) is 0 Å². The molecule has 1 saturated carbocycles. The van der Waals surface area contributed by atoms with Gasteiger partial charge < -0.3 is 14.2 Å². The molecule has 1 unspecified atom stereocenters. The predicted molar refractivity (Wildman–Crippen MR) is 130 cm³/mol. The molecule has 3 aromatic rings. The number of rotatable bonds is 10. The maximum atomic E-state index is 6.19. The normalized spacial score (nSPS) is 15.9. The van der Waals surface area contributed by atoms with Gasteiger partial charge in [0.05, 0.1) is 19.3 Å². The highest BCUT2D eigenvalue weighted by Crippen LogP contribution is 2.31. The average molecular weight is 431 g/mol. The molecule has 1 aliphatic carbocycles. The summed E-state index contributed by atoms with van der Waals surface area (Å²) in [4.78, 5) is 0. The van der Waals surface area contributed by atoms with Crippen molar-refractivity contribution in [3.8, 4) is 17.2 Å². The van der Waals surface area contributed by atoms with Crippen molar-refractivity contribution in [1.29, 1.82) is 0 Å². The van der Waals surface area contributed by atoms with E-state index in [1.165, 1.54) is 31.2 Å². The van der Waals surface area contributed by atoms with E-state index in [4.69, 9.17) is 14.2 Å². The lowest BCUT2D eigenvalue weighted by molar-refractivity contribution is 0.0746. The van der Waals surface area contributed by atoms with Crippen LogP contribution in [0.15, 0.2) is 78.9 Å². The fraction of sp³-hybridized carbons (Fsp3) is 0.379. The first kappa shape index (κ1) is 22.4. The highest BCUT2D eigenvalue weighted by molar-refractivity contribution is 5.34. The van der Waals surface area contributed by atoms with Crippen LogP contribution < -0.4 is 9.47 Å². The van der Waals surface area contributed by atoms with Crippen molar-refractivity contribution in [3.63, 3.8) is 0 Å². The molecule has 0 amide bonds. The van der Waals surface area contributed by atoms with Crippen LogP contribution in [0.2, 0.25) is 0 Å². The van der Waals surface area contributed by atoms with Gasteiger partial charge in [-0.1, -0.05) is 56.3 Å². The monoisotopic (exact) mass is 430 g/mol. The van der Waals surface area contributed by atoms with Crippen LogP contribution in [0.5, 0.6) is 17.2 Å². The molecule has 0 aliphatic heterocycles. The van der Waals surface area contributed by atoms with Gasteiger partial charge in [0.1, 0.15) is 17.2 Å². The summed E-state index contributed by atoms with van der Waals surface area (Å²) in [5, 5.41) is 0. The van der Waals surface area contributed by atoms with E-state index in [-0.39, 0.29) is 5.41 Å². The Kier molecular flexibility index (Phi) is 7.49. The Morgan fingerprint density at radius 2 is 1.53 bits per heavy atom. The van der Waals surface area contributed by atoms with E-state index >= 15 is 0 Å². The Morgan fingerprint density at radius 3 is 2.25 bits per heavy atom. The van der Waals surface area contributed by atoms with Crippen molar-refractivity contribution >= 4 is 0 Å². The van der Waals surface area contributed by atoms with Crippen LogP contribution >= 0.6 is 0 Å².